The van der Waals surface area contributed by atoms with Crippen LogP contribution in [0.3, 0.4) is 0 Å². The minimum absolute atomic E-state index is 0.378. The van der Waals surface area contributed by atoms with Gasteiger partial charge in [-0.3, -0.25) is 4.57 Å². The van der Waals surface area contributed by atoms with E-state index in [9.17, 15) is 15.3 Å². The van der Waals surface area contributed by atoms with Crippen LogP contribution in [0.15, 0.2) is 53.7 Å². The first-order chi connectivity index (χ1) is 15.5. The fraction of sp³-hybridized carbons (Fsp3) is 0.273. The number of aliphatic hydroxyl groups excluding tert-OH is 3. The highest BCUT2D eigenvalue weighted by molar-refractivity contribution is 7.98. The van der Waals surface area contributed by atoms with Gasteiger partial charge in [0, 0.05) is 11.1 Å². The van der Waals surface area contributed by atoms with E-state index in [1.165, 1.54) is 11.8 Å². The quantitative estimate of drug-likeness (QED) is 0.365. The first-order valence-electron chi connectivity index (χ1n) is 9.93. The van der Waals surface area contributed by atoms with Gasteiger partial charge in [-0.05, 0) is 23.8 Å². The number of halogens is 2. The van der Waals surface area contributed by atoms with Gasteiger partial charge in [-0.2, -0.15) is 0 Å². The van der Waals surface area contributed by atoms with Gasteiger partial charge in [0.2, 0.25) is 0 Å². The molecule has 0 saturated carbocycles. The van der Waals surface area contributed by atoms with Gasteiger partial charge >= 0.3 is 0 Å². The molecule has 0 spiro atoms. The maximum Gasteiger partial charge on any atom is 0.172 e. The van der Waals surface area contributed by atoms with Crippen LogP contribution >= 0.6 is 35.0 Å². The Balaban J connectivity index is 1.64. The molecule has 1 aliphatic rings. The number of hydrogen-bond acceptors (Lipinski definition) is 7. The third-order valence-corrected chi connectivity index (χ3v) is 7.20. The Bertz CT molecular complexity index is 1290. The first-order valence-corrected chi connectivity index (χ1v) is 11.7. The van der Waals surface area contributed by atoms with Crippen molar-refractivity contribution >= 4 is 57.0 Å². The zero-order valence-electron chi connectivity index (χ0n) is 16.6. The molecule has 7 nitrogen and oxygen atoms in total. The van der Waals surface area contributed by atoms with Crippen LogP contribution in [0.2, 0.25) is 10.0 Å². The molecule has 1 fully saturated rings. The molecule has 1 saturated heterocycles. The highest BCUT2D eigenvalue weighted by Crippen LogP contribution is 2.38. The molecule has 0 bridgehead atoms. The highest BCUT2D eigenvalue weighted by atomic mass is 35.5. The summed E-state index contributed by atoms with van der Waals surface area (Å²) < 4.78 is 7.48. The van der Waals surface area contributed by atoms with Crippen LogP contribution in [-0.4, -0.2) is 54.8 Å². The average Bonchev–Trinajstić information content (AvgIpc) is 3.28. The monoisotopic (exact) mass is 491 g/mol. The van der Waals surface area contributed by atoms with E-state index in [1.807, 2.05) is 36.4 Å². The lowest BCUT2D eigenvalue weighted by Crippen LogP contribution is -2.33. The van der Waals surface area contributed by atoms with Crippen LogP contribution in [0.1, 0.15) is 11.8 Å². The molecule has 4 atom stereocenters. The Kier molecular flexibility index (Phi) is 6.02. The third-order valence-electron chi connectivity index (χ3n) is 5.45. The summed E-state index contributed by atoms with van der Waals surface area (Å²) in [5, 5.41) is 32.7. The predicted octanol–water partition coefficient (Wildman–Crippen LogP) is 3.80. The number of pyridine rings is 1. The first kappa shape index (κ1) is 21.9. The average molecular weight is 492 g/mol. The highest BCUT2D eigenvalue weighted by Gasteiger charge is 2.45. The molecule has 5 rings (SSSR count). The van der Waals surface area contributed by atoms with Gasteiger partial charge in [0.15, 0.2) is 17.0 Å². The molecular weight excluding hydrogens is 473 g/mol. The standard InChI is InChI=1S/C22H19Cl2N3O4S/c23-13-6-12-7-16-20(25-15(12)8-14(13)24)27(21-19(30)18(29)17(9-28)31-21)22(26-16)32-10-11-4-2-1-3-5-11/h1-8,17-19,21,28-30H,9-10H2/t17-,18-,19-,21-/m1/s1. The molecule has 32 heavy (non-hydrogen) atoms. The second-order valence-electron chi connectivity index (χ2n) is 7.56. The molecule has 4 aromatic rings. The van der Waals surface area contributed by atoms with Crippen molar-refractivity contribution in [2.24, 2.45) is 0 Å². The maximum absolute atomic E-state index is 10.7. The van der Waals surface area contributed by atoms with Crippen LogP contribution < -0.4 is 0 Å². The van der Waals surface area contributed by atoms with E-state index in [2.05, 4.69) is 0 Å². The number of ether oxygens (including phenoxy) is 1. The van der Waals surface area contributed by atoms with Crippen molar-refractivity contribution in [2.45, 2.75) is 35.4 Å². The Morgan fingerprint density at radius 2 is 1.72 bits per heavy atom. The van der Waals surface area contributed by atoms with E-state index in [1.54, 1.807) is 16.7 Å². The topological polar surface area (TPSA) is 101 Å². The minimum Gasteiger partial charge on any atom is -0.394 e. The van der Waals surface area contributed by atoms with Gasteiger partial charge in [0.25, 0.3) is 0 Å². The molecule has 0 aliphatic carbocycles. The molecule has 3 heterocycles. The predicted molar refractivity (Wildman–Crippen MR) is 124 cm³/mol. The van der Waals surface area contributed by atoms with Crippen molar-refractivity contribution in [3.05, 3.63) is 64.1 Å². The number of rotatable bonds is 5. The molecule has 0 radical (unpaired) electrons. The Hall–Kier alpha value is -1.91. The van der Waals surface area contributed by atoms with Crippen molar-refractivity contribution in [2.75, 3.05) is 6.61 Å². The zero-order valence-corrected chi connectivity index (χ0v) is 18.9. The third kappa shape index (κ3) is 3.86. The van der Waals surface area contributed by atoms with Crippen LogP contribution in [0, 0.1) is 0 Å². The second kappa shape index (κ2) is 8.79. The molecule has 1 aliphatic heterocycles. The summed E-state index contributed by atoms with van der Waals surface area (Å²) in [6.45, 7) is -0.418. The summed E-state index contributed by atoms with van der Waals surface area (Å²) >= 11 is 13.8. The summed E-state index contributed by atoms with van der Waals surface area (Å²) in [4.78, 5) is 9.46. The lowest BCUT2D eigenvalue weighted by molar-refractivity contribution is -0.0548. The number of nitrogens with zero attached hydrogens (tertiary/aromatic N) is 3. The summed E-state index contributed by atoms with van der Waals surface area (Å²) in [6.07, 6.45) is -4.36. The second-order valence-corrected chi connectivity index (χ2v) is 9.31. The molecular formula is C22H19Cl2N3O4S. The number of aromatic nitrogens is 3. The van der Waals surface area contributed by atoms with Crippen molar-refractivity contribution in [3.8, 4) is 0 Å². The largest absolute Gasteiger partial charge is 0.394 e. The van der Waals surface area contributed by atoms with Gasteiger partial charge in [0.05, 0.1) is 22.2 Å². The van der Waals surface area contributed by atoms with Crippen molar-refractivity contribution < 1.29 is 20.1 Å². The molecule has 10 heteroatoms. The van der Waals surface area contributed by atoms with Gasteiger partial charge in [-0.15, -0.1) is 0 Å². The van der Waals surface area contributed by atoms with E-state index in [4.69, 9.17) is 37.9 Å². The minimum atomic E-state index is -1.26. The molecule has 166 valence electrons. The number of imidazole rings is 1. The van der Waals surface area contributed by atoms with E-state index in [0.717, 1.165) is 10.9 Å². The normalized spacial score (nSPS) is 23.4. The molecule has 2 aromatic carbocycles. The number of fused-ring (bicyclic) bond motifs is 2. The van der Waals surface area contributed by atoms with Gasteiger partial charge < -0.3 is 20.1 Å². The van der Waals surface area contributed by atoms with Gasteiger partial charge in [-0.1, -0.05) is 65.3 Å². The van der Waals surface area contributed by atoms with E-state index >= 15 is 0 Å². The van der Waals surface area contributed by atoms with Gasteiger partial charge in [-0.25, -0.2) is 9.97 Å². The van der Waals surface area contributed by atoms with Crippen molar-refractivity contribution in [3.63, 3.8) is 0 Å². The van der Waals surface area contributed by atoms with E-state index in [-0.39, 0.29) is 0 Å². The van der Waals surface area contributed by atoms with Crippen LogP contribution in [-0.2, 0) is 10.5 Å². The molecule has 2 aromatic heterocycles. The summed E-state index contributed by atoms with van der Waals surface area (Å²) in [5.74, 6) is 0.635. The summed E-state index contributed by atoms with van der Waals surface area (Å²) in [6, 6.07) is 15.2. The smallest absolute Gasteiger partial charge is 0.172 e. The fourth-order valence-corrected chi connectivity index (χ4v) is 5.11. The molecule has 3 N–H and O–H groups in total. The number of thioether (sulfide) groups is 1. The number of hydrogen-bond donors (Lipinski definition) is 3. The van der Waals surface area contributed by atoms with Crippen LogP contribution in [0.4, 0.5) is 0 Å². The van der Waals surface area contributed by atoms with Crippen LogP contribution in [0.5, 0.6) is 0 Å². The van der Waals surface area contributed by atoms with Crippen LogP contribution in [0.25, 0.3) is 22.1 Å². The van der Waals surface area contributed by atoms with Crippen molar-refractivity contribution in [1.29, 1.82) is 0 Å². The Morgan fingerprint density at radius 1 is 0.969 bits per heavy atom. The summed E-state index contributed by atoms with van der Waals surface area (Å²) in [5.41, 5.74) is 2.78. The Labute approximate surface area is 197 Å². The van der Waals surface area contributed by atoms with Crippen molar-refractivity contribution in [1.82, 2.24) is 14.5 Å². The number of aliphatic hydroxyl groups is 3. The van der Waals surface area contributed by atoms with Gasteiger partial charge in [0.1, 0.15) is 23.8 Å². The summed E-state index contributed by atoms with van der Waals surface area (Å²) in [7, 11) is 0. The maximum atomic E-state index is 10.7. The SMILES string of the molecule is OC[C@H]1O[C@@H](n2c(SCc3ccccc3)nc3cc4cc(Cl)c(Cl)cc4nc32)[C@H](O)[C@@H]1O. The zero-order chi connectivity index (χ0) is 22.4. The molecule has 0 amide bonds. The van der Waals surface area contributed by atoms with E-state index < -0.39 is 31.1 Å². The number of benzene rings is 2. The van der Waals surface area contributed by atoms with E-state index in [0.29, 0.717) is 37.6 Å². The lowest BCUT2D eigenvalue weighted by Gasteiger charge is -2.19. The fourth-order valence-electron chi connectivity index (χ4n) is 3.80. The molecule has 0 unspecified atom stereocenters. The Morgan fingerprint density at radius 3 is 2.44 bits per heavy atom. The lowest BCUT2D eigenvalue weighted by atomic mass is 10.1.